The third-order valence-corrected chi connectivity index (χ3v) is 5.39. The molecule has 4 atom stereocenters. The molecule has 0 spiro atoms. The molecule has 1 saturated heterocycles. The maximum absolute atomic E-state index is 11.4. The van der Waals surface area contributed by atoms with Crippen molar-refractivity contribution in [2.24, 2.45) is 0 Å². The fourth-order valence-corrected chi connectivity index (χ4v) is 5.21. The second-order valence-electron chi connectivity index (χ2n) is 2.89. The molecule has 1 aliphatic heterocycles. The van der Waals surface area contributed by atoms with Crippen LogP contribution < -0.4 is 0 Å². The van der Waals surface area contributed by atoms with Gasteiger partial charge < -0.3 is 0 Å². The smallest absolute Gasteiger partial charge is 0.0778 e. The fourth-order valence-electron chi connectivity index (χ4n) is 1.33. The van der Waals surface area contributed by atoms with Crippen LogP contribution in [0.1, 0.15) is 27.2 Å². The fraction of sp³-hybridized carbons (Fsp3) is 1.00. The van der Waals surface area contributed by atoms with Gasteiger partial charge in [-0.3, -0.25) is 4.21 Å². The van der Waals surface area contributed by atoms with E-state index in [1.165, 1.54) is 0 Å². The summed E-state index contributed by atoms with van der Waals surface area (Å²) in [6.07, 6.45) is 1.11. The van der Waals surface area contributed by atoms with Crippen LogP contribution in [0.2, 0.25) is 0 Å². The van der Waals surface area contributed by atoms with Crippen LogP contribution in [0.15, 0.2) is 0 Å². The molecular formula is C7H14OS2. The first kappa shape index (κ1) is 8.60. The molecule has 0 N–H and O–H groups in total. The van der Waals surface area contributed by atoms with Crippen LogP contribution >= 0.6 is 11.8 Å². The highest BCUT2D eigenvalue weighted by molar-refractivity contribution is 8.12. The summed E-state index contributed by atoms with van der Waals surface area (Å²) in [5, 5.41) is 1.11. The molecule has 0 aromatic carbocycles. The van der Waals surface area contributed by atoms with Crippen molar-refractivity contribution in [2.75, 3.05) is 0 Å². The summed E-state index contributed by atoms with van der Waals surface area (Å²) in [6.45, 7) is 6.36. The highest BCUT2D eigenvalue weighted by atomic mass is 32.2. The molecule has 0 aliphatic carbocycles. The van der Waals surface area contributed by atoms with Crippen LogP contribution in [0.3, 0.4) is 0 Å². The van der Waals surface area contributed by atoms with Crippen LogP contribution in [-0.2, 0) is 10.8 Å². The lowest BCUT2D eigenvalue weighted by Crippen LogP contribution is -2.29. The standard InChI is InChI=1S/C7H14OS2/c1-5-4-6(2)10(8)7(3)9-5/h5-7H,4H2,1-3H3/t5-,6?,7-,10?/m0/s1. The molecule has 60 valence electrons. The quantitative estimate of drug-likeness (QED) is 0.564. The predicted octanol–water partition coefficient (Wildman–Crippen LogP) is 2.00. The zero-order valence-electron chi connectivity index (χ0n) is 6.66. The van der Waals surface area contributed by atoms with Crippen molar-refractivity contribution in [3.8, 4) is 0 Å². The zero-order chi connectivity index (χ0) is 7.72. The Hall–Kier alpha value is 0.500. The SMILES string of the molecule is CC1C[C@H](C)S[C@H](C)S1=O. The molecule has 0 aromatic heterocycles. The van der Waals surface area contributed by atoms with Crippen molar-refractivity contribution in [1.29, 1.82) is 0 Å². The minimum absolute atomic E-state index is 0.346. The molecule has 0 bridgehead atoms. The van der Waals surface area contributed by atoms with Gasteiger partial charge >= 0.3 is 0 Å². The van der Waals surface area contributed by atoms with E-state index in [0.717, 1.165) is 6.42 Å². The van der Waals surface area contributed by atoms with Crippen LogP contribution in [0.4, 0.5) is 0 Å². The Morgan fingerprint density at radius 3 is 2.50 bits per heavy atom. The topological polar surface area (TPSA) is 17.1 Å². The van der Waals surface area contributed by atoms with Crippen molar-refractivity contribution in [2.45, 2.75) is 42.3 Å². The van der Waals surface area contributed by atoms with Crippen molar-refractivity contribution in [1.82, 2.24) is 0 Å². The van der Waals surface area contributed by atoms with Gasteiger partial charge in [-0.1, -0.05) is 13.8 Å². The van der Waals surface area contributed by atoms with Gasteiger partial charge in [-0.15, -0.1) is 11.8 Å². The van der Waals surface area contributed by atoms with E-state index in [2.05, 4.69) is 20.8 Å². The first-order chi connectivity index (χ1) is 4.61. The summed E-state index contributed by atoms with van der Waals surface area (Å²) in [5.41, 5.74) is 0. The molecule has 3 heteroatoms. The lowest BCUT2D eigenvalue weighted by molar-refractivity contribution is 0.658. The summed E-state index contributed by atoms with van der Waals surface area (Å²) in [5.74, 6) is 0. The molecule has 1 aliphatic rings. The second-order valence-corrected chi connectivity index (χ2v) is 7.14. The Labute approximate surface area is 69.4 Å². The van der Waals surface area contributed by atoms with Gasteiger partial charge in [-0.25, -0.2) is 0 Å². The summed E-state index contributed by atoms with van der Waals surface area (Å²) in [4.78, 5) is 0. The molecule has 0 radical (unpaired) electrons. The van der Waals surface area contributed by atoms with Crippen molar-refractivity contribution < 1.29 is 4.21 Å². The molecule has 1 fully saturated rings. The van der Waals surface area contributed by atoms with Crippen molar-refractivity contribution in [3.63, 3.8) is 0 Å². The van der Waals surface area contributed by atoms with E-state index in [1.54, 1.807) is 0 Å². The Kier molecular flexibility index (Phi) is 2.81. The third-order valence-electron chi connectivity index (χ3n) is 1.81. The van der Waals surface area contributed by atoms with Gasteiger partial charge in [0.05, 0.1) is 4.58 Å². The van der Waals surface area contributed by atoms with Crippen LogP contribution in [0.25, 0.3) is 0 Å². The average Bonchev–Trinajstić information content (AvgIpc) is 1.82. The van der Waals surface area contributed by atoms with Crippen LogP contribution in [-0.4, -0.2) is 19.3 Å². The normalized spacial score (nSPS) is 49.1. The van der Waals surface area contributed by atoms with Crippen molar-refractivity contribution in [3.05, 3.63) is 0 Å². The Morgan fingerprint density at radius 2 is 2.00 bits per heavy atom. The largest absolute Gasteiger partial charge is 0.258 e. The molecular weight excluding hydrogens is 164 g/mol. The van der Waals surface area contributed by atoms with E-state index in [-0.39, 0.29) is 0 Å². The zero-order valence-corrected chi connectivity index (χ0v) is 8.30. The molecule has 2 unspecified atom stereocenters. The Bertz CT molecular complexity index is 133. The highest BCUT2D eigenvalue weighted by Crippen LogP contribution is 2.32. The number of hydrogen-bond acceptors (Lipinski definition) is 2. The Morgan fingerprint density at radius 1 is 1.40 bits per heavy atom. The van der Waals surface area contributed by atoms with E-state index in [4.69, 9.17) is 0 Å². The van der Waals surface area contributed by atoms with Crippen LogP contribution in [0, 0.1) is 0 Å². The molecule has 0 saturated carbocycles. The maximum atomic E-state index is 11.4. The van der Waals surface area contributed by atoms with E-state index in [1.807, 2.05) is 11.8 Å². The molecule has 1 heterocycles. The molecule has 0 amide bonds. The van der Waals surface area contributed by atoms with Crippen molar-refractivity contribution >= 4 is 22.6 Å². The highest BCUT2D eigenvalue weighted by Gasteiger charge is 2.27. The van der Waals surface area contributed by atoms with Gasteiger partial charge in [-0.2, -0.15) is 0 Å². The maximum Gasteiger partial charge on any atom is 0.0778 e. The Balaban J connectivity index is 2.57. The third kappa shape index (κ3) is 1.76. The lowest BCUT2D eigenvalue weighted by atomic mass is 10.3. The summed E-state index contributed by atoms with van der Waals surface area (Å²) in [7, 11) is -0.587. The molecule has 1 rings (SSSR count). The number of thioether (sulfide) groups is 1. The van der Waals surface area contributed by atoms with E-state index in [0.29, 0.717) is 15.1 Å². The van der Waals surface area contributed by atoms with Gasteiger partial charge in [0.1, 0.15) is 0 Å². The summed E-state index contributed by atoms with van der Waals surface area (Å²) >= 11 is 1.85. The molecule has 10 heavy (non-hydrogen) atoms. The van der Waals surface area contributed by atoms with Gasteiger partial charge in [0.15, 0.2) is 0 Å². The second kappa shape index (κ2) is 3.26. The minimum atomic E-state index is -0.587. The van der Waals surface area contributed by atoms with Gasteiger partial charge in [0, 0.05) is 21.3 Å². The summed E-state index contributed by atoms with van der Waals surface area (Å²) in [6, 6.07) is 0. The summed E-state index contributed by atoms with van der Waals surface area (Å²) < 4.78 is 11.7. The number of rotatable bonds is 0. The monoisotopic (exact) mass is 178 g/mol. The van der Waals surface area contributed by atoms with Gasteiger partial charge in [-0.05, 0) is 13.3 Å². The van der Waals surface area contributed by atoms with Gasteiger partial charge in [0.2, 0.25) is 0 Å². The minimum Gasteiger partial charge on any atom is -0.258 e. The van der Waals surface area contributed by atoms with E-state index < -0.39 is 10.8 Å². The van der Waals surface area contributed by atoms with Gasteiger partial charge in [0.25, 0.3) is 0 Å². The average molecular weight is 178 g/mol. The molecule has 1 nitrogen and oxygen atoms in total. The lowest BCUT2D eigenvalue weighted by Gasteiger charge is -2.27. The van der Waals surface area contributed by atoms with E-state index >= 15 is 0 Å². The first-order valence-electron chi connectivity index (χ1n) is 3.66. The van der Waals surface area contributed by atoms with Crippen LogP contribution in [0.5, 0.6) is 0 Å². The number of hydrogen-bond donors (Lipinski definition) is 0. The predicted molar refractivity (Wildman–Crippen MR) is 48.7 cm³/mol. The molecule has 0 aromatic rings. The van der Waals surface area contributed by atoms with E-state index in [9.17, 15) is 4.21 Å². The first-order valence-corrected chi connectivity index (χ1v) is 5.88.